The van der Waals surface area contributed by atoms with Crippen LogP contribution in [0, 0.1) is 0 Å². The van der Waals surface area contributed by atoms with Gasteiger partial charge in [-0.05, 0) is 20.8 Å². The fraction of sp³-hybridized carbons (Fsp3) is 0.500. The Balaban J connectivity index is 2.87. The molecule has 1 rings (SSSR count). The minimum absolute atomic E-state index is 0.0994. The number of rotatable bonds is 0. The summed E-state index contributed by atoms with van der Waals surface area (Å²) < 4.78 is 0. The molecule has 66 valence electrons. The van der Waals surface area contributed by atoms with Gasteiger partial charge in [0.1, 0.15) is 11.7 Å². The fourth-order valence-electron chi connectivity index (χ4n) is 0.969. The van der Waals surface area contributed by atoms with Crippen molar-refractivity contribution in [3.05, 3.63) is 12.4 Å². The summed E-state index contributed by atoms with van der Waals surface area (Å²) in [6, 6.07) is 0. The van der Waals surface area contributed by atoms with E-state index in [1.807, 2.05) is 20.8 Å². The van der Waals surface area contributed by atoms with Gasteiger partial charge in [0, 0.05) is 0 Å². The lowest BCUT2D eigenvalue weighted by Gasteiger charge is -2.33. The van der Waals surface area contributed by atoms with Gasteiger partial charge in [0.25, 0.3) is 0 Å². The van der Waals surface area contributed by atoms with Crippen molar-refractivity contribution in [2.45, 2.75) is 26.3 Å². The summed E-state index contributed by atoms with van der Waals surface area (Å²) in [5, 5.41) is 5.86. The summed E-state index contributed by atoms with van der Waals surface area (Å²) in [5.41, 5.74) is 5.34. The summed E-state index contributed by atoms with van der Waals surface area (Å²) in [7, 11) is 0. The highest BCUT2D eigenvalue weighted by Crippen LogP contribution is 2.20. The van der Waals surface area contributed by atoms with Crippen LogP contribution in [-0.4, -0.2) is 22.6 Å². The molecule has 0 amide bonds. The molecule has 0 aromatic heterocycles. The molecule has 0 aromatic rings. The number of nitrogens with zero attached hydrogens (tertiary/aromatic N) is 3. The molecule has 0 saturated carbocycles. The van der Waals surface area contributed by atoms with Gasteiger partial charge in [-0.3, -0.25) is 0 Å². The van der Waals surface area contributed by atoms with E-state index in [4.69, 9.17) is 5.73 Å². The molecule has 0 aliphatic carbocycles. The second-order valence-electron chi connectivity index (χ2n) is 3.68. The van der Waals surface area contributed by atoms with Crippen molar-refractivity contribution in [3.63, 3.8) is 0 Å². The van der Waals surface area contributed by atoms with Crippen LogP contribution in [0.5, 0.6) is 0 Å². The van der Waals surface area contributed by atoms with Crippen LogP contribution in [0.1, 0.15) is 20.8 Å². The average molecular weight is 166 g/mol. The van der Waals surface area contributed by atoms with Gasteiger partial charge in [0.15, 0.2) is 0 Å². The number of hydrogen-bond acceptors (Lipinski definition) is 4. The van der Waals surface area contributed by atoms with Crippen LogP contribution < -0.4 is 5.73 Å². The first-order chi connectivity index (χ1) is 5.41. The first-order valence-corrected chi connectivity index (χ1v) is 3.78. The third-order valence-corrected chi connectivity index (χ3v) is 1.44. The van der Waals surface area contributed by atoms with Crippen LogP contribution in [-0.2, 0) is 0 Å². The Morgan fingerprint density at radius 2 is 2.08 bits per heavy atom. The Bertz CT molecular complexity index is 257. The van der Waals surface area contributed by atoms with Gasteiger partial charge in [-0.1, -0.05) is 6.58 Å². The van der Waals surface area contributed by atoms with Crippen molar-refractivity contribution < 1.29 is 0 Å². The quantitative estimate of drug-likeness (QED) is 0.581. The van der Waals surface area contributed by atoms with Crippen molar-refractivity contribution in [1.82, 2.24) is 5.01 Å². The zero-order valence-electron chi connectivity index (χ0n) is 7.70. The Labute approximate surface area is 72.5 Å². The maximum Gasteiger partial charge on any atom is 0.146 e. The van der Waals surface area contributed by atoms with Crippen LogP contribution in [0.2, 0.25) is 0 Å². The molecule has 0 fully saturated rings. The molecule has 0 aromatic carbocycles. The Hall–Kier alpha value is -1.32. The van der Waals surface area contributed by atoms with Gasteiger partial charge < -0.3 is 5.73 Å². The van der Waals surface area contributed by atoms with E-state index in [9.17, 15) is 0 Å². The van der Waals surface area contributed by atoms with Crippen LogP contribution in [0.3, 0.4) is 0 Å². The SMILES string of the molecule is C=C1N=C(N)C=NN1C(C)(C)C. The van der Waals surface area contributed by atoms with Gasteiger partial charge in [-0.15, -0.1) is 0 Å². The molecule has 0 bridgehead atoms. The molecule has 0 radical (unpaired) electrons. The molecule has 1 aliphatic rings. The lowest BCUT2D eigenvalue weighted by molar-refractivity contribution is 0.192. The summed E-state index contributed by atoms with van der Waals surface area (Å²) in [5.74, 6) is 0.989. The van der Waals surface area contributed by atoms with Gasteiger partial charge in [-0.2, -0.15) is 5.10 Å². The molecule has 1 aliphatic heterocycles. The third kappa shape index (κ3) is 1.64. The normalized spacial score (nSPS) is 18.1. The summed E-state index contributed by atoms with van der Waals surface area (Å²) >= 11 is 0. The van der Waals surface area contributed by atoms with Crippen molar-refractivity contribution in [1.29, 1.82) is 0 Å². The highest BCUT2D eigenvalue weighted by atomic mass is 15.5. The van der Waals surface area contributed by atoms with E-state index in [0.29, 0.717) is 11.7 Å². The average Bonchev–Trinajstić information content (AvgIpc) is 1.83. The molecule has 4 nitrogen and oxygen atoms in total. The number of aliphatic imine (C=N–C) groups is 1. The topological polar surface area (TPSA) is 54.0 Å². The van der Waals surface area contributed by atoms with Gasteiger partial charge in [-0.25, -0.2) is 10.0 Å². The lowest BCUT2D eigenvalue weighted by Crippen LogP contribution is -2.39. The van der Waals surface area contributed by atoms with Crippen molar-refractivity contribution in [2.24, 2.45) is 15.8 Å². The second-order valence-corrected chi connectivity index (χ2v) is 3.68. The van der Waals surface area contributed by atoms with Gasteiger partial charge >= 0.3 is 0 Å². The lowest BCUT2D eigenvalue weighted by atomic mass is 10.1. The van der Waals surface area contributed by atoms with Crippen molar-refractivity contribution >= 4 is 12.1 Å². The number of hydrazone groups is 1. The predicted octanol–water partition coefficient (Wildman–Crippen LogP) is 0.915. The Kier molecular flexibility index (Phi) is 1.92. The third-order valence-electron chi connectivity index (χ3n) is 1.44. The van der Waals surface area contributed by atoms with E-state index in [0.717, 1.165) is 0 Å². The predicted molar refractivity (Wildman–Crippen MR) is 50.8 cm³/mol. The second kappa shape index (κ2) is 2.62. The highest BCUT2D eigenvalue weighted by molar-refractivity contribution is 6.29. The fourth-order valence-corrected chi connectivity index (χ4v) is 0.969. The standard InChI is InChI=1S/C8H14N4/c1-6-11-7(9)5-10-12(6)8(2,3)4/h5H,1H2,2-4H3,(H2,9,11). The summed E-state index contributed by atoms with van der Waals surface area (Å²) in [4.78, 5) is 4.01. The molecule has 4 heteroatoms. The van der Waals surface area contributed by atoms with E-state index in [2.05, 4.69) is 16.7 Å². The Morgan fingerprint density at radius 1 is 1.50 bits per heavy atom. The highest BCUT2D eigenvalue weighted by Gasteiger charge is 2.23. The first-order valence-electron chi connectivity index (χ1n) is 3.78. The number of hydrogen-bond donors (Lipinski definition) is 1. The maximum atomic E-state index is 5.44. The molecule has 0 saturated heterocycles. The molecule has 1 heterocycles. The van der Waals surface area contributed by atoms with Crippen LogP contribution in [0.25, 0.3) is 0 Å². The largest absolute Gasteiger partial charge is 0.382 e. The zero-order valence-corrected chi connectivity index (χ0v) is 7.70. The summed E-state index contributed by atoms with van der Waals surface area (Å²) in [6.07, 6.45) is 1.53. The maximum absolute atomic E-state index is 5.44. The van der Waals surface area contributed by atoms with Crippen LogP contribution in [0.4, 0.5) is 0 Å². The molecule has 2 N–H and O–H groups in total. The van der Waals surface area contributed by atoms with Gasteiger partial charge in [0.2, 0.25) is 0 Å². The molecule has 0 atom stereocenters. The summed E-state index contributed by atoms with van der Waals surface area (Å²) in [6.45, 7) is 9.86. The van der Waals surface area contributed by atoms with E-state index in [-0.39, 0.29) is 5.54 Å². The minimum Gasteiger partial charge on any atom is -0.382 e. The molecule has 0 spiro atoms. The monoisotopic (exact) mass is 166 g/mol. The minimum atomic E-state index is -0.0994. The molecular formula is C8H14N4. The molecule has 12 heavy (non-hydrogen) atoms. The van der Waals surface area contributed by atoms with E-state index >= 15 is 0 Å². The van der Waals surface area contributed by atoms with Crippen LogP contribution in [0.15, 0.2) is 22.5 Å². The molecule has 0 unspecified atom stereocenters. The smallest absolute Gasteiger partial charge is 0.146 e. The Morgan fingerprint density at radius 3 is 2.50 bits per heavy atom. The van der Waals surface area contributed by atoms with Crippen molar-refractivity contribution in [3.8, 4) is 0 Å². The van der Waals surface area contributed by atoms with E-state index in [1.54, 1.807) is 5.01 Å². The number of nitrogens with two attached hydrogens (primary N) is 1. The number of amidine groups is 1. The van der Waals surface area contributed by atoms with Crippen LogP contribution >= 0.6 is 0 Å². The van der Waals surface area contributed by atoms with Gasteiger partial charge in [0.05, 0.1) is 11.8 Å². The van der Waals surface area contributed by atoms with E-state index in [1.165, 1.54) is 6.21 Å². The van der Waals surface area contributed by atoms with E-state index < -0.39 is 0 Å². The first kappa shape index (κ1) is 8.77. The zero-order chi connectivity index (χ0) is 9.35. The molecular weight excluding hydrogens is 152 g/mol. The van der Waals surface area contributed by atoms with Crippen molar-refractivity contribution in [2.75, 3.05) is 0 Å².